The van der Waals surface area contributed by atoms with Gasteiger partial charge in [-0.3, -0.25) is 0 Å². The van der Waals surface area contributed by atoms with Gasteiger partial charge < -0.3 is 11.1 Å². The molecule has 0 saturated carbocycles. The van der Waals surface area contributed by atoms with Crippen molar-refractivity contribution >= 4 is 17.0 Å². The standard InChI is InChI=1S/C19H26N6/c1-19(2,3)12-21-10-9-14(13-7-5-4-6-8-13)15-11-16(20)22-18-17(15)23-25-24-18/h4-8,11,14,21H,9-10,12H2,1-3H3,(H3,20,22,23,24,25). The molecule has 0 aliphatic carbocycles. The molecule has 3 aromatic rings. The first kappa shape index (κ1) is 17.4. The van der Waals surface area contributed by atoms with Crippen LogP contribution in [-0.2, 0) is 0 Å². The first-order valence-corrected chi connectivity index (χ1v) is 8.66. The highest BCUT2D eigenvalue weighted by Crippen LogP contribution is 2.32. The minimum Gasteiger partial charge on any atom is -0.384 e. The number of aromatic nitrogens is 4. The van der Waals surface area contributed by atoms with E-state index >= 15 is 0 Å². The second-order valence-corrected chi connectivity index (χ2v) is 7.62. The van der Waals surface area contributed by atoms with Crippen LogP contribution in [0.3, 0.4) is 0 Å². The van der Waals surface area contributed by atoms with Gasteiger partial charge in [-0.2, -0.15) is 10.3 Å². The number of rotatable bonds is 6. The quantitative estimate of drug-likeness (QED) is 0.601. The number of nitrogens with zero attached hydrogens (tertiary/aromatic N) is 3. The number of nitrogens with two attached hydrogens (primary N) is 1. The maximum atomic E-state index is 6.00. The number of hydrogen-bond donors (Lipinski definition) is 3. The van der Waals surface area contributed by atoms with Gasteiger partial charge in [0.25, 0.3) is 0 Å². The van der Waals surface area contributed by atoms with Gasteiger partial charge in [-0.05, 0) is 42.1 Å². The summed E-state index contributed by atoms with van der Waals surface area (Å²) >= 11 is 0. The Balaban J connectivity index is 1.90. The average molecular weight is 338 g/mol. The lowest BCUT2D eigenvalue weighted by molar-refractivity contribution is 0.377. The van der Waals surface area contributed by atoms with Crippen LogP contribution >= 0.6 is 0 Å². The topological polar surface area (TPSA) is 92.5 Å². The van der Waals surface area contributed by atoms with Crippen LogP contribution in [0.2, 0.25) is 0 Å². The third-order valence-electron chi connectivity index (χ3n) is 4.18. The molecule has 2 aromatic heterocycles. The van der Waals surface area contributed by atoms with E-state index in [2.05, 4.69) is 70.7 Å². The van der Waals surface area contributed by atoms with Crippen molar-refractivity contribution < 1.29 is 0 Å². The molecule has 1 atom stereocenters. The summed E-state index contributed by atoms with van der Waals surface area (Å²) in [5, 5.41) is 14.6. The summed E-state index contributed by atoms with van der Waals surface area (Å²) in [5.74, 6) is 0.659. The molecule has 2 heterocycles. The zero-order valence-corrected chi connectivity index (χ0v) is 15.1. The van der Waals surface area contributed by atoms with Crippen molar-refractivity contribution in [3.05, 3.63) is 47.5 Å². The Morgan fingerprint density at radius 1 is 1.16 bits per heavy atom. The van der Waals surface area contributed by atoms with Gasteiger partial charge in [0.1, 0.15) is 11.3 Å². The van der Waals surface area contributed by atoms with Gasteiger partial charge in [-0.1, -0.05) is 51.1 Å². The molecule has 0 aliphatic heterocycles. The number of hydrogen-bond acceptors (Lipinski definition) is 5. The average Bonchev–Trinajstić information content (AvgIpc) is 3.02. The van der Waals surface area contributed by atoms with Crippen molar-refractivity contribution in [2.45, 2.75) is 33.1 Å². The Bertz CT molecular complexity index is 819. The number of H-pyrrole nitrogens is 1. The molecule has 4 N–H and O–H groups in total. The molecule has 0 fully saturated rings. The monoisotopic (exact) mass is 338 g/mol. The van der Waals surface area contributed by atoms with Gasteiger partial charge in [-0.25, -0.2) is 4.98 Å². The minimum absolute atomic E-state index is 0.187. The Morgan fingerprint density at radius 2 is 1.92 bits per heavy atom. The summed E-state index contributed by atoms with van der Waals surface area (Å²) < 4.78 is 0. The molecule has 6 nitrogen and oxygen atoms in total. The largest absolute Gasteiger partial charge is 0.384 e. The third-order valence-corrected chi connectivity index (χ3v) is 4.18. The molecule has 0 bridgehead atoms. The third kappa shape index (κ3) is 4.33. The van der Waals surface area contributed by atoms with Crippen molar-refractivity contribution in [3.63, 3.8) is 0 Å². The van der Waals surface area contributed by atoms with Gasteiger partial charge in [0.05, 0.1) is 0 Å². The molecule has 25 heavy (non-hydrogen) atoms. The van der Waals surface area contributed by atoms with Crippen molar-refractivity contribution in [2.75, 3.05) is 18.8 Å². The van der Waals surface area contributed by atoms with E-state index in [-0.39, 0.29) is 11.3 Å². The lowest BCUT2D eigenvalue weighted by atomic mass is 9.88. The Morgan fingerprint density at radius 3 is 2.64 bits per heavy atom. The summed E-state index contributed by atoms with van der Waals surface area (Å²) in [7, 11) is 0. The van der Waals surface area contributed by atoms with Crippen LogP contribution in [0.15, 0.2) is 36.4 Å². The molecule has 3 rings (SSSR count). The summed E-state index contributed by atoms with van der Waals surface area (Å²) in [6, 6.07) is 12.4. The highest BCUT2D eigenvalue weighted by atomic mass is 15.3. The summed E-state index contributed by atoms with van der Waals surface area (Å²) in [5.41, 5.74) is 9.94. The normalized spacial score (nSPS) is 13.2. The molecule has 1 aromatic carbocycles. The predicted molar refractivity (Wildman–Crippen MR) is 101 cm³/mol. The second-order valence-electron chi connectivity index (χ2n) is 7.62. The molecular formula is C19H26N6. The Hall–Kier alpha value is -2.47. The number of anilines is 1. The highest BCUT2D eigenvalue weighted by Gasteiger charge is 2.20. The van der Waals surface area contributed by atoms with Gasteiger partial charge >= 0.3 is 0 Å². The van der Waals surface area contributed by atoms with Crippen LogP contribution < -0.4 is 11.1 Å². The van der Waals surface area contributed by atoms with Crippen LogP contribution in [0.25, 0.3) is 11.2 Å². The number of nitrogen functional groups attached to an aromatic ring is 1. The maximum Gasteiger partial charge on any atom is 0.203 e. The van der Waals surface area contributed by atoms with Crippen molar-refractivity contribution in [3.8, 4) is 0 Å². The number of pyridine rings is 1. The highest BCUT2D eigenvalue weighted by molar-refractivity contribution is 5.77. The molecule has 0 aliphatic rings. The Labute approximate surface area is 148 Å². The molecule has 132 valence electrons. The van der Waals surface area contributed by atoms with Crippen LogP contribution in [0, 0.1) is 5.41 Å². The number of nitrogens with one attached hydrogen (secondary N) is 2. The molecule has 1 unspecified atom stereocenters. The summed E-state index contributed by atoms with van der Waals surface area (Å²) in [4.78, 5) is 4.26. The van der Waals surface area contributed by atoms with E-state index in [4.69, 9.17) is 5.73 Å². The SMILES string of the molecule is CC(C)(C)CNCCC(c1ccccc1)c1cc(N)nc2n[nH]nc12. The van der Waals surface area contributed by atoms with Crippen LogP contribution in [0.1, 0.15) is 44.2 Å². The summed E-state index contributed by atoms with van der Waals surface area (Å²) in [6.07, 6.45) is 0.950. The number of aromatic amines is 1. The van der Waals surface area contributed by atoms with Crippen molar-refractivity contribution in [1.82, 2.24) is 25.7 Å². The van der Waals surface area contributed by atoms with E-state index in [1.54, 1.807) is 0 Å². The van der Waals surface area contributed by atoms with E-state index in [0.717, 1.165) is 30.6 Å². The molecule has 0 radical (unpaired) electrons. The fourth-order valence-corrected chi connectivity index (χ4v) is 3.04. The zero-order valence-electron chi connectivity index (χ0n) is 15.1. The van der Waals surface area contributed by atoms with Gasteiger partial charge in [0, 0.05) is 5.92 Å². The molecular weight excluding hydrogens is 312 g/mol. The van der Waals surface area contributed by atoms with E-state index in [1.807, 2.05) is 12.1 Å². The fraction of sp³-hybridized carbons (Fsp3) is 0.421. The maximum absolute atomic E-state index is 6.00. The lowest BCUT2D eigenvalue weighted by Crippen LogP contribution is -2.28. The first-order chi connectivity index (χ1) is 11.9. The number of fused-ring (bicyclic) bond motifs is 1. The lowest BCUT2D eigenvalue weighted by Gasteiger charge is -2.22. The Kier molecular flexibility index (Phi) is 4.99. The van der Waals surface area contributed by atoms with E-state index in [9.17, 15) is 0 Å². The van der Waals surface area contributed by atoms with Gasteiger partial charge in [0.15, 0.2) is 0 Å². The molecule has 6 heteroatoms. The minimum atomic E-state index is 0.187. The van der Waals surface area contributed by atoms with Crippen molar-refractivity contribution in [1.29, 1.82) is 0 Å². The van der Waals surface area contributed by atoms with E-state index in [1.165, 1.54) is 5.56 Å². The zero-order chi connectivity index (χ0) is 17.9. The van der Waals surface area contributed by atoms with Crippen molar-refractivity contribution in [2.24, 2.45) is 5.41 Å². The fourth-order valence-electron chi connectivity index (χ4n) is 3.04. The second kappa shape index (κ2) is 7.19. The molecule has 0 saturated heterocycles. The van der Waals surface area contributed by atoms with Gasteiger partial charge in [-0.15, -0.1) is 5.10 Å². The number of benzene rings is 1. The first-order valence-electron chi connectivity index (χ1n) is 8.66. The van der Waals surface area contributed by atoms with Crippen LogP contribution in [0.5, 0.6) is 0 Å². The predicted octanol–water partition coefficient (Wildman–Crippen LogP) is 3.09. The van der Waals surface area contributed by atoms with E-state index in [0.29, 0.717) is 11.5 Å². The molecule has 0 amide bonds. The van der Waals surface area contributed by atoms with E-state index < -0.39 is 0 Å². The van der Waals surface area contributed by atoms with Crippen LogP contribution in [0.4, 0.5) is 5.82 Å². The summed E-state index contributed by atoms with van der Waals surface area (Å²) in [6.45, 7) is 8.59. The smallest absolute Gasteiger partial charge is 0.203 e. The molecule has 0 spiro atoms. The van der Waals surface area contributed by atoms with Gasteiger partial charge in [0.2, 0.25) is 5.65 Å². The van der Waals surface area contributed by atoms with Crippen LogP contribution in [-0.4, -0.2) is 33.5 Å².